The Labute approximate surface area is 137 Å². The van der Waals surface area contributed by atoms with Gasteiger partial charge in [-0.1, -0.05) is 31.0 Å². The summed E-state index contributed by atoms with van der Waals surface area (Å²) in [5, 5.41) is 0. The molecular weight excluding hydrogens is 294 g/mol. The van der Waals surface area contributed by atoms with Crippen molar-refractivity contribution in [2.24, 2.45) is 0 Å². The highest BCUT2D eigenvalue weighted by Crippen LogP contribution is 2.44. The molecule has 116 valence electrons. The maximum atomic E-state index is 12.6. The number of ketones is 1. The smallest absolute Gasteiger partial charge is 0.158 e. The van der Waals surface area contributed by atoms with Crippen molar-refractivity contribution in [3.8, 4) is 5.69 Å². The average Bonchev–Trinajstić information content (AvgIpc) is 3.13. The van der Waals surface area contributed by atoms with E-state index in [9.17, 15) is 4.79 Å². The molecule has 0 radical (unpaired) electrons. The molecule has 2 nitrogen and oxygen atoms in total. The summed E-state index contributed by atoms with van der Waals surface area (Å²) in [5.41, 5.74) is 4.31. The van der Waals surface area contributed by atoms with E-state index in [1.54, 1.807) is 0 Å². The standard InChI is InChI=1S/C19H22ClNO/c1-14-12-17(19(18(22)13-20)10-6-7-11-19)15(2)21(14)16-8-4-3-5-9-16/h3-5,8-9,12H,6-7,10-11,13H2,1-2H3. The fraction of sp³-hybridized carbons (Fsp3) is 0.421. The number of benzene rings is 1. The largest absolute Gasteiger partial charge is 0.318 e. The van der Waals surface area contributed by atoms with E-state index in [4.69, 9.17) is 11.6 Å². The van der Waals surface area contributed by atoms with Crippen LogP contribution in [0.15, 0.2) is 36.4 Å². The van der Waals surface area contributed by atoms with Crippen molar-refractivity contribution in [2.75, 3.05) is 5.88 Å². The number of para-hydroxylation sites is 1. The molecule has 1 fully saturated rings. The Morgan fingerprint density at radius 1 is 1.18 bits per heavy atom. The van der Waals surface area contributed by atoms with Crippen LogP contribution in [0.3, 0.4) is 0 Å². The van der Waals surface area contributed by atoms with Crippen LogP contribution in [0, 0.1) is 13.8 Å². The first kappa shape index (κ1) is 15.4. The SMILES string of the molecule is Cc1cc(C2(C(=O)CCl)CCCC2)c(C)n1-c1ccccc1. The number of Topliss-reactive ketones (excluding diaryl/α,β-unsaturated/α-hetero) is 1. The van der Waals surface area contributed by atoms with Crippen molar-refractivity contribution in [2.45, 2.75) is 44.9 Å². The molecule has 1 aromatic carbocycles. The molecule has 1 aromatic heterocycles. The van der Waals surface area contributed by atoms with Gasteiger partial charge in [-0.05, 0) is 50.5 Å². The molecule has 0 unspecified atom stereocenters. The van der Waals surface area contributed by atoms with Crippen LogP contribution in [-0.2, 0) is 10.2 Å². The number of rotatable bonds is 4. The van der Waals surface area contributed by atoms with E-state index < -0.39 is 0 Å². The highest BCUT2D eigenvalue weighted by molar-refractivity contribution is 6.29. The number of carbonyl (C=O) groups excluding carboxylic acids is 1. The van der Waals surface area contributed by atoms with Gasteiger partial charge in [-0.3, -0.25) is 4.79 Å². The summed E-state index contributed by atoms with van der Waals surface area (Å²) in [4.78, 5) is 12.6. The van der Waals surface area contributed by atoms with Crippen LogP contribution in [0.1, 0.15) is 42.6 Å². The molecule has 1 heterocycles. The quantitative estimate of drug-likeness (QED) is 0.749. The van der Waals surface area contributed by atoms with Crippen molar-refractivity contribution < 1.29 is 4.79 Å². The van der Waals surface area contributed by atoms with Crippen LogP contribution in [0.4, 0.5) is 0 Å². The highest BCUT2D eigenvalue weighted by atomic mass is 35.5. The molecule has 22 heavy (non-hydrogen) atoms. The number of hydrogen-bond donors (Lipinski definition) is 0. The summed E-state index contributed by atoms with van der Waals surface area (Å²) in [6.07, 6.45) is 4.07. The van der Waals surface area contributed by atoms with Gasteiger partial charge in [0.25, 0.3) is 0 Å². The predicted molar refractivity (Wildman–Crippen MR) is 91.1 cm³/mol. The lowest BCUT2D eigenvalue weighted by molar-refractivity contribution is -0.122. The summed E-state index contributed by atoms with van der Waals surface area (Å²) >= 11 is 5.93. The highest BCUT2D eigenvalue weighted by Gasteiger charge is 2.43. The van der Waals surface area contributed by atoms with Gasteiger partial charge in [-0.25, -0.2) is 0 Å². The van der Waals surface area contributed by atoms with E-state index >= 15 is 0 Å². The van der Waals surface area contributed by atoms with E-state index in [2.05, 4.69) is 36.6 Å². The molecule has 0 aliphatic heterocycles. The minimum atomic E-state index is -0.364. The topological polar surface area (TPSA) is 22.0 Å². The second-order valence-corrected chi connectivity index (χ2v) is 6.57. The first-order chi connectivity index (χ1) is 10.6. The average molecular weight is 316 g/mol. The molecule has 0 saturated heterocycles. The Hall–Kier alpha value is -1.54. The number of aromatic nitrogens is 1. The lowest BCUT2D eigenvalue weighted by Gasteiger charge is -2.27. The molecule has 0 atom stereocenters. The number of aryl methyl sites for hydroxylation is 1. The molecule has 1 saturated carbocycles. The summed E-state index contributed by atoms with van der Waals surface area (Å²) in [6.45, 7) is 4.23. The maximum absolute atomic E-state index is 12.6. The molecule has 1 aliphatic rings. The van der Waals surface area contributed by atoms with Crippen molar-refractivity contribution in [3.05, 3.63) is 53.3 Å². The van der Waals surface area contributed by atoms with Crippen molar-refractivity contribution in [3.63, 3.8) is 0 Å². The summed E-state index contributed by atoms with van der Waals surface area (Å²) < 4.78 is 2.25. The van der Waals surface area contributed by atoms with E-state index in [0.717, 1.165) is 31.4 Å². The van der Waals surface area contributed by atoms with Crippen molar-refractivity contribution >= 4 is 17.4 Å². The number of nitrogens with zero attached hydrogens (tertiary/aromatic N) is 1. The van der Waals surface area contributed by atoms with Gasteiger partial charge in [0.1, 0.15) is 0 Å². The van der Waals surface area contributed by atoms with Gasteiger partial charge in [0.2, 0.25) is 0 Å². The van der Waals surface area contributed by atoms with Crippen LogP contribution in [0.2, 0.25) is 0 Å². The van der Waals surface area contributed by atoms with Gasteiger partial charge in [0.15, 0.2) is 5.78 Å². The minimum Gasteiger partial charge on any atom is -0.318 e. The van der Waals surface area contributed by atoms with Crippen LogP contribution < -0.4 is 0 Å². The summed E-state index contributed by atoms with van der Waals surface area (Å²) in [7, 11) is 0. The monoisotopic (exact) mass is 315 g/mol. The number of alkyl halides is 1. The van der Waals surface area contributed by atoms with E-state index in [1.807, 2.05) is 18.2 Å². The normalized spacial score (nSPS) is 16.9. The van der Waals surface area contributed by atoms with E-state index in [0.29, 0.717) is 0 Å². The van der Waals surface area contributed by atoms with E-state index in [-0.39, 0.29) is 17.1 Å². The molecule has 2 aromatic rings. The maximum Gasteiger partial charge on any atom is 0.158 e. The predicted octanol–water partition coefficient (Wildman–Crippen LogP) is 4.71. The van der Waals surface area contributed by atoms with E-state index in [1.165, 1.54) is 17.0 Å². The van der Waals surface area contributed by atoms with Gasteiger partial charge in [0.05, 0.1) is 11.3 Å². The molecule has 3 heteroatoms. The molecule has 0 amide bonds. The van der Waals surface area contributed by atoms with Crippen LogP contribution in [0.25, 0.3) is 5.69 Å². The third-order valence-electron chi connectivity index (χ3n) is 5.07. The molecule has 3 rings (SSSR count). The third kappa shape index (κ3) is 2.30. The fourth-order valence-electron chi connectivity index (χ4n) is 4.03. The zero-order chi connectivity index (χ0) is 15.7. The first-order valence-corrected chi connectivity index (χ1v) is 8.48. The summed E-state index contributed by atoms with van der Waals surface area (Å²) in [6, 6.07) is 12.5. The Morgan fingerprint density at radius 3 is 2.41 bits per heavy atom. The minimum absolute atomic E-state index is 0.106. The lowest BCUT2D eigenvalue weighted by Crippen LogP contribution is -2.34. The third-order valence-corrected chi connectivity index (χ3v) is 5.32. The lowest BCUT2D eigenvalue weighted by atomic mass is 9.75. The Morgan fingerprint density at radius 2 is 1.82 bits per heavy atom. The van der Waals surface area contributed by atoms with Crippen LogP contribution in [0.5, 0.6) is 0 Å². The summed E-state index contributed by atoms with van der Waals surface area (Å²) in [5.74, 6) is 0.287. The van der Waals surface area contributed by atoms with Crippen LogP contribution in [-0.4, -0.2) is 16.2 Å². The zero-order valence-electron chi connectivity index (χ0n) is 13.2. The van der Waals surface area contributed by atoms with Gasteiger partial charge in [-0.15, -0.1) is 11.6 Å². The number of hydrogen-bond acceptors (Lipinski definition) is 1. The fourth-order valence-corrected chi connectivity index (χ4v) is 4.28. The van der Waals surface area contributed by atoms with Crippen LogP contribution >= 0.6 is 11.6 Å². The second-order valence-electron chi connectivity index (χ2n) is 6.30. The van der Waals surface area contributed by atoms with Crippen molar-refractivity contribution in [1.29, 1.82) is 0 Å². The van der Waals surface area contributed by atoms with Gasteiger partial charge in [0, 0.05) is 17.1 Å². The molecule has 1 aliphatic carbocycles. The number of carbonyl (C=O) groups is 1. The molecular formula is C19H22ClNO. The number of halogens is 1. The second kappa shape index (κ2) is 5.92. The van der Waals surface area contributed by atoms with Gasteiger partial charge >= 0.3 is 0 Å². The van der Waals surface area contributed by atoms with Gasteiger partial charge in [-0.2, -0.15) is 0 Å². The Kier molecular flexibility index (Phi) is 4.14. The molecule has 0 bridgehead atoms. The zero-order valence-corrected chi connectivity index (χ0v) is 14.0. The van der Waals surface area contributed by atoms with Crippen molar-refractivity contribution in [1.82, 2.24) is 4.57 Å². The first-order valence-electron chi connectivity index (χ1n) is 7.94. The Bertz CT molecular complexity index is 681. The Balaban J connectivity index is 2.15. The van der Waals surface area contributed by atoms with Gasteiger partial charge < -0.3 is 4.57 Å². The molecule has 0 spiro atoms. The molecule has 0 N–H and O–H groups in total.